The van der Waals surface area contributed by atoms with E-state index < -0.39 is 0 Å². The van der Waals surface area contributed by atoms with E-state index in [0.29, 0.717) is 6.04 Å². The van der Waals surface area contributed by atoms with Gasteiger partial charge in [0.1, 0.15) is 0 Å². The Labute approximate surface area is 111 Å². The SMILES string of the molecule is COCCC(C)(C)CNC(=O)C1CCC(C)NC1. The van der Waals surface area contributed by atoms with Gasteiger partial charge in [-0.15, -0.1) is 0 Å². The summed E-state index contributed by atoms with van der Waals surface area (Å²) < 4.78 is 5.09. The number of rotatable bonds is 6. The van der Waals surface area contributed by atoms with Gasteiger partial charge in [0.15, 0.2) is 0 Å². The molecule has 1 aliphatic heterocycles. The van der Waals surface area contributed by atoms with Crippen molar-refractivity contribution < 1.29 is 9.53 Å². The van der Waals surface area contributed by atoms with Crippen LogP contribution in [0.3, 0.4) is 0 Å². The quantitative estimate of drug-likeness (QED) is 0.758. The molecule has 1 fully saturated rings. The molecule has 18 heavy (non-hydrogen) atoms. The van der Waals surface area contributed by atoms with Crippen LogP contribution in [0.15, 0.2) is 0 Å². The van der Waals surface area contributed by atoms with Gasteiger partial charge >= 0.3 is 0 Å². The summed E-state index contributed by atoms with van der Waals surface area (Å²) >= 11 is 0. The molecule has 1 amide bonds. The second kappa shape index (κ2) is 7.10. The molecule has 4 nitrogen and oxygen atoms in total. The van der Waals surface area contributed by atoms with E-state index in [-0.39, 0.29) is 17.2 Å². The molecule has 2 N–H and O–H groups in total. The number of methoxy groups -OCH3 is 1. The van der Waals surface area contributed by atoms with Gasteiger partial charge in [-0.25, -0.2) is 0 Å². The Morgan fingerprint density at radius 2 is 2.17 bits per heavy atom. The average molecular weight is 256 g/mol. The first kappa shape index (κ1) is 15.4. The monoisotopic (exact) mass is 256 g/mol. The molecule has 0 aromatic heterocycles. The van der Waals surface area contributed by atoms with Gasteiger partial charge < -0.3 is 15.4 Å². The van der Waals surface area contributed by atoms with E-state index in [4.69, 9.17) is 4.74 Å². The van der Waals surface area contributed by atoms with Crippen LogP contribution in [0.4, 0.5) is 0 Å². The highest BCUT2D eigenvalue weighted by Crippen LogP contribution is 2.20. The molecule has 2 atom stereocenters. The molecule has 0 aliphatic carbocycles. The maximum Gasteiger partial charge on any atom is 0.224 e. The molecule has 106 valence electrons. The van der Waals surface area contributed by atoms with Gasteiger partial charge in [0.2, 0.25) is 5.91 Å². The minimum Gasteiger partial charge on any atom is -0.385 e. The Bertz CT molecular complexity index is 259. The number of carbonyl (C=O) groups excluding carboxylic acids is 1. The van der Waals surface area contributed by atoms with Crippen molar-refractivity contribution in [2.24, 2.45) is 11.3 Å². The fourth-order valence-electron chi connectivity index (χ4n) is 2.16. The van der Waals surface area contributed by atoms with E-state index in [0.717, 1.165) is 39.0 Å². The fraction of sp³-hybridized carbons (Fsp3) is 0.929. The van der Waals surface area contributed by atoms with Gasteiger partial charge in [0, 0.05) is 32.8 Å². The van der Waals surface area contributed by atoms with Crippen LogP contribution in [0.1, 0.15) is 40.0 Å². The summed E-state index contributed by atoms with van der Waals surface area (Å²) in [5, 5.41) is 6.45. The second-order valence-electron chi connectivity index (χ2n) is 6.21. The first-order valence-corrected chi connectivity index (χ1v) is 6.94. The van der Waals surface area contributed by atoms with Crippen LogP contribution >= 0.6 is 0 Å². The third-order valence-electron chi connectivity index (χ3n) is 3.76. The van der Waals surface area contributed by atoms with E-state index in [2.05, 4.69) is 31.4 Å². The molecule has 0 saturated carbocycles. The predicted octanol–water partition coefficient (Wildman–Crippen LogP) is 1.55. The van der Waals surface area contributed by atoms with E-state index in [1.807, 2.05) is 0 Å². The minimum atomic E-state index is 0.0983. The van der Waals surface area contributed by atoms with Crippen LogP contribution < -0.4 is 10.6 Å². The summed E-state index contributed by atoms with van der Waals surface area (Å²) in [5.41, 5.74) is 0.0983. The third kappa shape index (κ3) is 5.36. The molecular weight excluding hydrogens is 228 g/mol. The van der Waals surface area contributed by atoms with E-state index in [1.54, 1.807) is 7.11 Å². The lowest BCUT2D eigenvalue weighted by atomic mass is 9.89. The molecule has 1 saturated heterocycles. The predicted molar refractivity (Wildman–Crippen MR) is 73.5 cm³/mol. The first-order valence-electron chi connectivity index (χ1n) is 6.94. The van der Waals surface area contributed by atoms with Gasteiger partial charge in [-0.05, 0) is 31.6 Å². The molecule has 0 spiro atoms. The zero-order valence-electron chi connectivity index (χ0n) is 12.2. The van der Waals surface area contributed by atoms with Crippen LogP contribution in [-0.2, 0) is 9.53 Å². The Balaban J connectivity index is 2.27. The van der Waals surface area contributed by atoms with Gasteiger partial charge in [-0.1, -0.05) is 13.8 Å². The summed E-state index contributed by atoms with van der Waals surface area (Å²) in [6.07, 6.45) is 3.05. The summed E-state index contributed by atoms with van der Waals surface area (Å²) in [5.74, 6) is 0.333. The highest BCUT2D eigenvalue weighted by Gasteiger charge is 2.25. The summed E-state index contributed by atoms with van der Waals surface area (Å²) in [6, 6.07) is 0.548. The van der Waals surface area contributed by atoms with Crippen molar-refractivity contribution in [2.45, 2.75) is 46.1 Å². The van der Waals surface area contributed by atoms with Crippen molar-refractivity contribution >= 4 is 5.91 Å². The number of amides is 1. The minimum absolute atomic E-state index is 0.0983. The van der Waals surface area contributed by atoms with Crippen LogP contribution in [0, 0.1) is 11.3 Å². The fourth-order valence-corrected chi connectivity index (χ4v) is 2.16. The summed E-state index contributed by atoms with van der Waals surface area (Å²) in [7, 11) is 1.71. The standard InChI is InChI=1S/C14H28N2O2/c1-11-5-6-12(9-15-11)13(17)16-10-14(2,3)7-8-18-4/h11-12,15H,5-10H2,1-4H3,(H,16,17). The molecule has 1 heterocycles. The molecule has 0 aromatic rings. The number of hydrogen-bond donors (Lipinski definition) is 2. The van der Waals surface area contributed by atoms with Crippen molar-refractivity contribution in [3.63, 3.8) is 0 Å². The zero-order chi connectivity index (χ0) is 13.6. The van der Waals surface area contributed by atoms with Crippen molar-refractivity contribution in [3.8, 4) is 0 Å². The molecule has 1 aliphatic rings. The van der Waals surface area contributed by atoms with Crippen molar-refractivity contribution in [1.82, 2.24) is 10.6 Å². The molecule has 4 heteroatoms. The smallest absolute Gasteiger partial charge is 0.224 e. The Kier molecular flexibility index (Phi) is 6.09. The van der Waals surface area contributed by atoms with E-state index in [1.165, 1.54) is 0 Å². The molecular formula is C14H28N2O2. The number of piperidine rings is 1. The average Bonchev–Trinajstić information content (AvgIpc) is 2.35. The first-order chi connectivity index (χ1) is 8.44. The largest absolute Gasteiger partial charge is 0.385 e. The number of carbonyl (C=O) groups is 1. The van der Waals surface area contributed by atoms with E-state index >= 15 is 0 Å². The molecule has 0 bridgehead atoms. The number of ether oxygens (including phenoxy) is 1. The second-order valence-corrected chi connectivity index (χ2v) is 6.21. The Morgan fingerprint density at radius 3 is 2.72 bits per heavy atom. The van der Waals surface area contributed by atoms with E-state index in [9.17, 15) is 4.79 Å². The zero-order valence-corrected chi connectivity index (χ0v) is 12.2. The molecule has 1 rings (SSSR count). The summed E-state index contributed by atoms with van der Waals surface area (Å²) in [6.45, 7) is 8.76. The normalized spacial score (nSPS) is 24.9. The number of nitrogens with one attached hydrogen (secondary N) is 2. The molecule has 2 unspecified atom stereocenters. The third-order valence-corrected chi connectivity index (χ3v) is 3.76. The van der Waals surface area contributed by atoms with Crippen molar-refractivity contribution in [1.29, 1.82) is 0 Å². The molecule has 0 radical (unpaired) electrons. The van der Waals surface area contributed by atoms with Crippen LogP contribution in [-0.4, -0.2) is 38.8 Å². The Morgan fingerprint density at radius 1 is 1.44 bits per heavy atom. The lowest BCUT2D eigenvalue weighted by Crippen LogP contribution is -2.45. The maximum atomic E-state index is 12.0. The Hall–Kier alpha value is -0.610. The van der Waals surface area contributed by atoms with Crippen LogP contribution in [0.2, 0.25) is 0 Å². The van der Waals surface area contributed by atoms with Crippen molar-refractivity contribution in [2.75, 3.05) is 26.8 Å². The van der Waals surface area contributed by atoms with Gasteiger partial charge in [-0.2, -0.15) is 0 Å². The maximum absolute atomic E-state index is 12.0. The van der Waals surface area contributed by atoms with Crippen molar-refractivity contribution in [3.05, 3.63) is 0 Å². The topological polar surface area (TPSA) is 50.4 Å². The van der Waals surface area contributed by atoms with Crippen LogP contribution in [0.25, 0.3) is 0 Å². The number of hydrogen-bond acceptors (Lipinski definition) is 3. The van der Waals surface area contributed by atoms with Gasteiger partial charge in [0.25, 0.3) is 0 Å². The summed E-state index contributed by atoms with van der Waals surface area (Å²) in [4.78, 5) is 12.0. The lowest BCUT2D eigenvalue weighted by Gasteiger charge is -2.29. The van der Waals surface area contributed by atoms with Gasteiger partial charge in [0.05, 0.1) is 5.92 Å². The highest BCUT2D eigenvalue weighted by molar-refractivity contribution is 5.79. The van der Waals surface area contributed by atoms with Gasteiger partial charge in [-0.3, -0.25) is 4.79 Å². The molecule has 0 aromatic carbocycles. The highest BCUT2D eigenvalue weighted by atomic mass is 16.5. The van der Waals surface area contributed by atoms with Crippen LogP contribution in [0.5, 0.6) is 0 Å². The lowest BCUT2D eigenvalue weighted by molar-refractivity contribution is -0.126.